The average Bonchev–Trinajstić information content (AvgIpc) is 3.18. The van der Waals surface area contributed by atoms with E-state index in [1.165, 1.54) is 11.8 Å². The summed E-state index contributed by atoms with van der Waals surface area (Å²) in [5.74, 6) is 0.735. The number of amides is 1. The van der Waals surface area contributed by atoms with Crippen molar-refractivity contribution in [3.05, 3.63) is 89.2 Å². The predicted molar refractivity (Wildman–Crippen MR) is 124 cm³/mol. The molecule has 2 heterocycles. The van der Waals surface area contributed by atoms with Crippen LogP contribution in [0.1, 0.15) is 11.1 Å². The SMILES string of the molecule is Cc1ccc(NC(=O)CSc2nnc(-c3cccnc3)n2Cc2ccccc2)c(Cl)c1. The first-order valence-electron chi connectivity index (χ1n) is 9.66. The van der Waals surface area contributed by atoms with Gasteiger partial charge in [0.15, 0.2) is 11.0 Å². The standard InChI is InChI=1S/C23H20ClN5OS/c1-16-9-10-20(19(24)12-16)26-21(30)15-31-23-28-27-22(18-8-5-11-25-13-18)29(23)14-17-6-3-2-4-7-17/h2-13H,14-15H2,1H3,(H,26,30). The third-order valence-corrected chi connectivity index (χ3v) is 5.83. The zero-order valence-electron chi connectivity index (χ0n) is 16.8. The zero-order chi connectivity index (χ0) is 21.6. The summed E-state index contributed by atoms with van der Waals surface area (Å²) in [4.78, 5) is 16.7. The third-order valence-electron chi connectivity index (χ3n) is 4.55. The lowest BCUT2D eigenvalue weighted by Gasteiger charge is -2.11. The van der Waals surface area contributed by atoms with Crippen molar-refractivity contribution in [3.8, 4) is 11.4 Å². The molecule has 6 nitrogen and oxygen atoms in total. The molecule has 1 N–H and O–H groups in total. The van der Waals surface area contributed by atoms with Crippen LogP contribution in [0.2, 0.25) is 5.02 Å². The maximum absolute atomic E-state index is 12.5. The monoisotopic (exact) mass is 449 g/mol. The molecule has 1 amide bonds. The van der Waals surface area contributed by atoms with Crippen molar-refractivity contribution < 1.29 is 4.79 Å². The van der Waals surface area contributed by atoms with Gasteiger partial charge in [-0.3, -0.25) is 14.3 Å². The van der Waals surface area contributed by atoms with Gasteiger partial charge in [0.2, 0.25) is 5.91 Å². The Morgan fingerprint density at radius 1 is 1.10 bits per heavy atom. The van der Waals surface area contributed by atoms with Crippen LogP contribution in [0, 0.1) is 6.92 Å². The summed E-state index contributed by atoms with van der Waals surface area (Å²) < 4.78 is 2.00. The maximum Gasteiger partial charge on any atom is 0.234 e. The summed E-state index contributed by atoms with van der Waals surface area (Å²) in [5.41, 5.74) is 3.62. The molecule has 0 fully saturated rings. The molecule has 0 spiro atoms. The molecule has 0 aliphatic heterocycles. The van der Waals surface area contributed by atoms with Gasteiger partial charge in [-0.2, -0.15) is 0 Å². The Morgan fingerprint density at radius 3 is 2.68 bits per heavy atom. The Labute approximate surface area is 189 Å². The second-order valence-corrected chi connectivity index (χ2v) is 8.29. The minimum absolute atomic E-state index is 0.159. The number of hydrogen-bond acceptors (Lipinski definition) is 5. The number of rotatable bonds is 7. The van der Waals surface area contributed by atoms with Gasteiger partial charge in [-0.15, -0.1) is 10.2 Å². The number of pyridine rings is 1. The molecule has 0 atom stereocenters. The first-order chi connectivity index (χ1) is 15.1. The average molecular weight is 450 g/mol. The van der Waals surface area contributed by atoms with Crippen LogP contribution in [0.4, 0.5) is 5.69 Å². The highest BCUT2D eigenvalue weighted by Crippen LogP contribution is 2.26. The molecule has 4 rings (SSSR count). The number of halogens is 1. The Morgan fingerprint density at radius 2 is 1.94 bits per heavy atom. The van der Waals surface area contributed by atoms with E-state index in [0.717, 1.165) is 16.7 Å². The number of carbonyl (C=O) groups is 1. The van der Waals surface area contributed by atoms with Crippen LogP contribution in [0.3, 0.4) is 0 Å². The molecule has 0 saturated carbocycles. The van der Waals surface area contributed by atoms with E-state index in [1.54, 1.807) is 18.5 Å². The smallest absolute Gasteiger partial charge is 0.234 e. The van der Waals surface area contributed by atoms with E-state index in [1.807, 2.05) is 66.1 Å². The lowest BCUT2D eigenvalue weighted by atomic mass is 10.2. The van der Waals surface area contributed by atoms with Gasteiger partial charge < -0.3 is 5.32 Å². The number of aryl methyl sites for hydroxylation is 1. The maximum atomic E-state index is 12.5. The second-order valence-electron chi connectivity index (χ2n) is 6.94. The van der Waals surface area contributed by atoms with Crippen LogP contribution in [-0.4, -0.2) is 31.4 Å². The van der Waals surface area contributed by atoms with Crippen molar-refractivity contribution in [2.75, 3.05) is 11.1 Å². The van der Waals surface area contributed by atoms with E-state index in [9.17, 15) is 4.79 Å². The van der Waals surface area contributed by atoms with Crippen LogP contribution >= 0.6 is 23.4 Å². The summed E-state index contributed by atoms with van der Waals surface area (Å²) in [6, 6.07) is 19.4. The molecule has 8 heteroatoms. The Kier molecular flexibility index (Phi) is 6.64. The van der Waals surface area contributed by atoms with Crippen LogP contribution in [0.5, 0.6) is 0 Å². The van der Waals surface area contributed by atoms with Gasteiger partial charge in [-0.1, -0.05) is 59.8 Å². The van der Waals surface area contributed by atoms with Gasteiger partial charge >= 0.3 is 0 Å². The summed E-state index contributed by atoms with van der Waals surface area (Å²) in [6.07, 6.45) is 3.48. The van der Waals surface area contributed by atoms with Crippen LogP contribution in [0.15, 0.2) is 78.2 Å². The van der Waals surface area contributed by atoms with Crippen LogP contribution < -0.4 is 5.32 Å². The van der Waals surface area contributed by atoms with E-state index in [4.69, 9.17) is 11.6 Å². The van der Waals surface area contributed by atoms with Gasteiger partial charge in [0, 0.05) is 18.0 Å². The molecule has 2 aromatic heterocycles. The predicted octanol–water partition coefficient (Wildman–Crippen LogP) is 5.08. The van der Waals surface area contributed by atoms with E-state index in [0.29, 0.717) is 28.2 Å². The van der Waals surface area contributed by atoms with Crippen LogP contribution in [-0.2, 0) is 11.3 Å². The van der Waals surface area contributed by atoms with Gasteiger partial charge in [0.25, 0.3) is 0 Å². The van der Waals surface area contributed by atoms with Crippen molar-refractivity contribution in [3.63, 3.8) is 0 Å². The molecular weight excluding hydrogens is 430 g/mol. The molecule has 2 aromatic carbocycles. The van der Waals surface area contributed by atoms with Crippen molar-refractivity contribution >= 4 is 35.0 Å². The van der Waals surface area contributed by atoms with Crippen molar-refractivity contribution in [1.82, 2.24) is 19.7 Å². The molecule has 0 radical (unpaired) electrons. The number of thioether (sulfide) groups is 1. The minimum atomic E-state index is -0.159. The Hall–Kier alpha value is -3.16. The van der Waals surface area contributed by atoms with E-state index >= 15 is 0 Å². The normalized spacial score (nSPS) is 10.8. The quantitative estimate of drug-likeness (QED) is 0.398. The van der Waals surface area contributed by atoms with E-state index in [-0.39, 0.29) is 11.7 Å². The largest absolute Gasteiger partial charge is 0.324 e. The lowest BCUT2D eigenvalue weighted by molar-refractivity contribution is -0.113. The first-order valence-corrected chi connectivity index (χ1v) is 11.0. The second kappa shape index (κ2) is 9.76. The molecular formula is C23H20ClN5OS. The van der Waals surface area contributed by atoms with Gasteiger partial charge in [0.05, 0.1) is 23.0 Å². The highest BCUT2D eigenvalue weighted by Gasteiger charge is 2.16. The van der Waals surface area contributed by atoms with Crippen molar-refractivity contribution in [2.45, 2.75) is 18.6 Å². The molecule has 0 aliphatic carbocycles. The number of anilines is 1. The minimum Gasteiger partial charge on any atom is -0.324 e. The molecule has 4 aromatic rings. The van der Waals surface area contributed by atoms with E-state index < -0.39 is 0 Å². The number of benzene rings is 2. The summed E-state index contributed by atoms with van der Waals surface area (Å²) in [6.45, 7) is 2.54. The summed E-state index contributed by atoms with van der Waals surface area (Å²) >= 11 is 7.56. The number of nitrogens with one attached hydrogen (secondary N) is 1. The molecule has 0 aliphatic rings. The zero-order valence-corrected chi connectivity index (χ0v) is 18.4. The van der Waals surface area contributed by atoms with Crippen molar-refractivity contribution in [1.29, 1.82) is 0 Å². The molecule has 156 valence electrons. The van der Waals surface area contributed by atoms with E-state index in [2.05, 4.69) is 20.5 Å². The Bertz CT molecular complexity index is 1180. The highest BCUT2D eigenvalue weighted by atomic mass is 35.5. The topological polar surface area (TPSA) is 72.7 Å². The van der Waals surface area contributed by atoms with Gasteiger partial charge in [0.1, 0.15) is 0 Å². The number of hydrogen-bond donors (Lipinski definition) is 1. The first kappa shape index (κ1) is 21.1. The van der Waals surface area contributed by atoms with Gasteiger partial charge in [-0.05, 0) is 42.3 Å². The fraction of sp³-hybridized carbons (Fsp3) is 0.130. The third kappa shape index (κ3) is 5.31. The van der Waals surface area contributed by atoms with Crippen molar-refractivity contribution in [2.24, 2.45) is 0 Å². The summed E-state index contributed by atoms with van der Waals surface area (Å²) in [7, 11) is 0. The summed E-state index contributed by atoms with van der Waals surface area (Å²) in [5, 5.41) is 12.7. The number of carbonyl (C=O) groups excluding carboxylic acids is 1. The fourth-order valence-electron chi connectivity index (χ4n) is 3.05. The Balaban J connectivity index is 1.53. The number of nitrogens with zero attached hydrogens (tertiary/aromatic N) is 4. The highest BCUT2D eigenvalue weighted by molar-refractivity contribution is 7.99. The van der Waals surface area contributed by atoms with Crippen LogP contribution in [0.25, 0.3) is 11.4 Å². The fourth-order valence-corrected chi connectivity index (χ4v) is 4.07. The lowest BCUT2D eigenvalue weighted by Crippen LogP contribution is -2.15. The van der Waals surface area contributed by atoms with Gasteiger partial charge in [-0.25, -0.2) is 0 Å². The molecule has 0 saturated heterocycles. The molecule has 0 unspecified atom stereocenters. The molecule has 31 heavy (non-hydrogen) atoms. The number of aromatic nitrogens is 4. The molecule has 0 bridgehead atoms.